The Morgan fingerprint density at radius 3 is 2.44 bits per heavy atom. The van der Waals surface area contributed by atoms with E-state index in [1.54, 1.807) is 0 Å². The highest BCUT2D eigenvalue weighted by atomic mass is 16.5. The maximum atomic E-state index is 6.33. The van der Waals surface area contributed by atoms with E-state index in [0.29, 0.717) is 6.10 Å². The molecule has 1 saturated carbocycles. The first-order valence-electron chi connectivity index (χ1n) is 6.61. The summed E-state index contributed by atoms with van der Waals surface area (Å²) in [6.45, 7) is 7.08. The Labute approximate surface area is 100 Å². The van der Waals surface area contributed by atoms with E-state index in [4.69, 9.17) is 10.5 Å². The molecule has 0 spiro atoms. The molecule has 0 aliphatic heterocycles. The lowest BCUT2D eigenvalue weighted by Crippen LogP contribution is -2.40. The van der Waals surface area contributed by atoms with Crippen molar-refractivity contribution in [3.63, 3.8) is 0 Å². The first kappa shape index (κ1) is 13.9. The lowest BCUT2D eigenvalue weighted by Gasteiger charge is -2.27. The van der Waals surface area contributed by atoms with Crippen LogP contribution >= 0.6 is 0 Å². The molecule has 0 atom stereocenters. The number of likely N-dealkylation sites (N-methyl/N-ethyl adjacent to an activating group) is 1. The van der Waals surface area contributed by atoms with E-state index in [9.17, 15) is 0 Å². The van der Waals surface area contributed by atoms with Crippen LogP contribution in [0.4, 0.5) is 0 Å². The maximum absolute atomic E-state index is 6.33. The Kier molecular flexibility index (Phi) is 5.73. The van der Waals surface area contributed by atoms with Gasteiger partial charge in [-0.1, -0.05) is 12.8 Å². The highest BCUT2D eigenvalue weighted by Crippen LogP contribution is 2.29. The zero-order valence-electron chi connectivity index (χ0n) is 11.2. The summed E-state index contributed by atoms with van der Waals surface area (Å²) >= 11 is 0. The first-order valence-corrected chi connectivity index (χ1v) is 6.61. The second kappa shape index (κ2) is 6.58. The third-order valence-corrected chi connectivity index (χ3v) is 3.51. The van der Waals surface area contributed by atoms with Crippen LogP contribution in [0.2, 0.25) is 0 Å². The largest absolute Gasteiger partial charge is 0.377 e. The standard InChI is InChI=1S/C13H28N2O/c1-12(2)16-11-10-15(3)9-8-13(14)6-4-5-7-13/h12H,4-11,14H2,1-3H3. The third kappa shape index (κ3) is 5.28. The van der Waals surface area contributed by atoms with Crippen LogP contribution in [0.25, 0.3) is 0 Å². The fraction of sp³-hybridized carbons (Fsp3) is 1.00. The Morgan fingerprint density at radius 2 is 1.88 bits per heavy atom. The van der Waals surface area contributed by atoms with Crippen LogP contribution in [0, 0.1) is 0 Å². The Morgan fingerprint density at radius 1 is 1.25 bits per heavy atom. The minimum absolute atomic E-state index is 0.132. The summed E-state index contributed by atoms with van der Waals surface area (Å²) in [5.74, 6) is 0. The van der Waals surface area contributed by atoms with E-state index >= 15 is 0 Å². The molecule has 0 radical (unpaired) electrons. The minimum Gasteiger partial charge on any atom is -0.377 e. The number of nitrogens with zero attached hydrogens (tertiary/aromatic N) is 1. The van der Waals surface area contributed by atoms with Crippen LogP contribution < -0.4 is 5.73 Å². The lowest BCUT2D eigenvalue weighted by atomic mass is 9.95. The van der Waals surface area contributed by atoms with Gasteiger partial charge in [-0.2, -0.15) is 0 Å². The third-order valence-electron chi connectivity index (χ3n) is 3.51. The van der Waals surface area contributed by atoms with Gasteiger partial charge in [0.15, 0.2) is 0 Å². The average molecular weight is 228 g/mol. The van der Waals surface area contributed by atoms with Crippen molar-refractivity contribution >= 4 is 0 Å². The van der Waals surface area contributed by atoms with Crippen LogP contribution in [0.3, 0.4) is 0 Å². The van der Waals surface area contributed by atoms with Crippen molar-refractivity contribution in [2.24, 2.45) is 5.73 Å². The highest BCUT2D eigenvalue weighted by Gasteiger charge is 2.28. The molecule has 2 N–H and O–H groups in total. The molecule has 0 aromatic rings. The second-order valence-electron chi connectivity index (χ2n) is 5.54. The fourth-order valence-electron chi connectivity index (χ4n) is 2.30. The Balaban J connectivity index is 2.07. The van der Waals surface area contributed by atoms with E-state index in [1.807, 2.05) is 0 Å². The smallest absolute Gasteiger partial charge is 0.0596 e. The molecule has 0 saturated heterocycles. The average Bonchev–Trinajstić information content (AvgIpc) is 2.62. The zero-order chi connectivity index (χ0) is 12.0. The normalized spacial score (nSPS) is 19.9. The van der Waals surface area contributed by atoms with Gasteiger partial charge in [-0.3, -0.25) is 0 Å². The second-order valence-corrected chi connectivity index (χ2v) is 5.54. The number of hydrogen-bond acceptors (Lipinski definition) is 3. The van der Waals surface area contributed by atoms with Gasteiger partial charge in [0.1, 0.15) is 0 Å². The predicted molar refractivity (Wildman–Crippen MR) is 68.6 cm³/mol. The van der Waals surface area contributed by atoms with Crippen LogP contribution in [0.15, 0.2) is 0 Å². The van der Waals surface area contributed by atoms with Gasteiger partial charge >= 0.3 is 0 Å². The number of ether oxygens (including phenoxy) is 1. The van der Waals surface area contributed by atoms with Crippen molar-refractivity contribution in [1.29, 1.82) is 0 Å². The van der Waals surface area contributed by atoms with Gasteiger partial charge in [0.25, 0.3) is 0 Å². The number of hydrogen-bond donors (Lipinski definition) is 1. The summed E-state index contributed by atoms with van der Waals surface area (Å²) in [6.07, 6.45) is 6.52. The van der Waals surface area contributed by atoms with Gasteiger partial charge in [0, 0.05) is 12.1 Å². The van der Waals surface area contributed by atoms with Crippen LogP contribution in [0.5, 0.6) is 0 Å². The quantitative estimate of drug-likeness (QED) is 0.724. The van der Waals surface area contributed by atoms with E-state index in [-0.39, 0.29) is 5.54 Å². The van der Waals surface area contributed by atoms with Crippen molar-refractivity contribution in [2.75, 3.05) is 26.7 Å². The van der Waals surface area contributed by atoms with Gasteiger partial charge in [-0.25, -0.2) is 0 Å². The van der Waals surface area contributed by atoms with Crippen molar-refractivity contribution in [1.82, 2.24) is 4.90 Å². The molecule has 16 heavy (non-hydrogen) atoms. The van der Waals surface area contributed by atoms with E-state index < -0.39 is 0 Å². The molecule has 1 fully saturated rings. The summed E-state index contributed by atoms with van der Waals surface area (Å²) in [6, 6.07) is 0. The monoisotopic (exact) mass is 228 g/mol. The molecule has 0 heterocycles. The molecule has 3 nitrogen and oxygen atoms in total. The molecule has 0 bridgehead atoms. The Hall–Kier alpha value is -0.120. The molecular weight excluding hydrogens is 200 g/mol. The summed E-state index contributed by atoms with van der Waals surface area (Å²) in [5, 5.41) is 0. The summed E-state index contributed by atoms with van der Waals surface area (Å²) in [5.41, 5.74) is 6.46. The summed E-state index contributed by atoms with van der Waals surface area (Å²) in [7, 11) is 2.15. The van der Waals surface area contributed by atoms with Gasteiger partial charge in [0.2, 0.25) is 0 Å². The van der Waals surface area contributed by atoms with E-state index in [2.05, 4.69) is 25.8 Å². The first-order chi connectivity index (χ1) is 7.52. The minimum atomic E-state index is 0.132. The Bertz CT molecular complexity index is 188. The SMILES string of the molecule is CC(C)OCCN(C)CCC1(N)CCCC1. The van der Waals surface area contributed by atoms with Crippen molar-refractivity contribution in [3.05, 3.63) is 0 Å². The van der Waals surface area contributed by atoms with Gasteiger partial charge in [-0.05, 0) is 46.7 Å². The zero-order valence-corrected chi connectivity index (χ0v) is 11.2. The van der Waals surface area contributed by atoms with Gasteiger partial charge in [-0.15, -0.1) is 0 Å². The molecular formula is C13H28N2O. The molecule has 96 valence electrons. The van der Waals surface area contributed by atoms with Gasteiger partial charge < -0.3 is 15.4 Å². The maximum Gasteiger partial charge on any atom is 0.0596 e. The van der Waals surface area contributed by atoms with E-state index in [1.165, 1.54) is 25.7 Å². The molecule has 3 heteroatoms. The molecule has 0 unspecified atom stereocenters. The van der Waals surface area contributed by atoms with Crippen LogP contribution in [0.1, 0.15) is 46.0 Å². The lowest BCUT2D eigenvalue weighted by molar-refractivity contribution is 0.0626. The summed E-state index contributed by atoms with van der Waals surface area (Å²) < 4.78 is 5.54. The highest BCUT2D eigenvalue weighted by molar-refractivity contribution is 4.89. The molecule has 1 aliphatic carbocycles. The number of rotatable bonds is 7. The fourth-order valence-corrected chi connectivity index (χ4v) is 2.30. The van der Waals surface area contributed by atoms with Crippen molar-refractivity contribution in [3.8, 4) is 0 Å². The molecule has 1 aliphatic rings. The topological polar surface area (TPSA) is 38.5 Å². The molecule has 0 aromatic heterocycles. The molecule has 0 amide bonds. The van der Waals surface area contributed by atoms with Gasteiger partial charge in [0.05, 0.1) is 12.7 Å². The van der Waals surface area contributed by atoms with Crippen LogP contribution in [-0.4, -0.2) is 43.3 Å². The molecule has 0 aromatic carbocycles. The summed E-state index contributed by atoms with van der Waals surface area (Å²) in [4.78, 5) is 2.33. The van der Waals surface area contributed by atoms with Crippen LogP contribution in [-0.2, 0) is 4.74 Å². The predicted octanol–water partition coefficient (Wildman–Crippen LogP) is 2.00. The van der Waals surface area contributed by atoms with E-state index in [0.717, 1.165) is 26.1 Å². The molecule has 1 rings (SSSR count). The van der Waals surface area contributed by atoms with Crippen molar-refractivity contribution in [2.45, 2.75) is 57.6 Å². The van der Waals surface area contributed by atoms with Crippen molar-refractivity contribution < 1.29 is 4.74 Å². The number of nitrogens with two attached hydrogens (primary N) is 1.